The Morgan fingerprint density at radius 2 is 2.00 bits per heavy atom. The molecule has 2 aliphatic heterocycles. The number of amides is 2. The fourth-order valence-electron chi connectivity index (χ4n) is 3.54. The summed E-state index contributed by atoms with van der Waals surface area (Å²) < 4.78 is 5.24. The van der Waals surface area contributed by atoms with Crippen LogP contribution in [0.1, 0.15) is 23.6 Å². The largest absolute Gasteiger partial charge is 0.495 e. The maximum absolute atomic E-state index is 12.9. The Kier molecular flexibility index (Phi) is 5.18. The Morgan fingerprint density at radius 3 is 2.76 bits per heavy atom. The zero-order valence-corrected chi connectivity index (χ0v) is 16.3. The smallest absolute Gasteiger partial charge is 0.267 e. The van der Waals surface area contributed by atoms with Gasteiger partial charge in [-0.3, -0.25) is 14.6 Å². The number of fused-ring (bicyclic) bond motifs is 1. The number of methoxy groups -OCH3 is 1. The van der Waals surface area contributed by atoms with Gasteiger partial charge in [0, 0.05) is 0 Å². The number of rotatable bonds is 5. The second-order valence-corrected chi connectivity index (χ2v) is 7.13. The molecular weight excluding hydrogens is 370 g/mol. The van der Waals surface area contributed by atoms with E-state index < -0.39 is 6.04 Å². The first-order valence-corrected chi connectivity index (χ1v) is 9.44. The summed E-state index contributed by atoms with van der Waals surface area (Å²) >= 11 is 0. The molecule has 2 atom stereocenters. The SMILES string of the molecule is COc1ccccc1NC(=O)CN1N=CN2NC(c3ccc(C)cc3)CC2C1=O. The summed E-state index contributed by atoms with van der Waals surface area (Å²) in [5.74, 6) is 0.0145. The van der Waals surface area contributed by atoms with Crippen LogP contribution in [-0.4, -0.2) is 47.9 Å². The van der Waals surface area contributed by atoms with Gasteiger partial charge in [-0.25, -0.2) is 10.4 Å². The predicted octanol–water partition coefficient (Wildman–Crippen LogP) is 2.05. The van der Waals surface area contributed by atoms with Gasteiger partial charge < -0.3 is 10.1 Å². The van der Waals surface area contributed by atoms with Crippen LogP contribution in [0.15, 0.2) is 53.6 Å². The van der Waals surface area contributed by atoms with Crippen molar-refractivity contribution < 1.29 is 14.3 Å². The van der Waals surface area contributed by atoms with Gasteiger partial charge in [0.1, 0.15) is 24.7 Å². The first-order valence-electron chi connectivity index (χ1n) is 9.44. The zero-order valence-electron chi connectivity index (χ0n) is 16.3. The van der Waals surface area contributed by atoms with Crippen LogP contribution in [0, 0.1) is 6.92 Å². The fourth-order valence-corrected chi connectivity index (χ4v) is 3.54. The molecule has 29 heavy (non-hydrogen) atoms. The lowest BCUT2D eigenvalue weighted by atomic mass is 10.0. The van der Waals surface area contributed by atoms with Crippen molar-refractivity contribution in [1.29, 1.82) is 0 Å². The molecule has 8 heteroatoms. The first kappa shape index (κ1) is 18.9. The molecule has 8 nitrogen and oxygen atoms in total. The van der Waals surface area contributed by atoms with E-state index in [0.717, 1.165) is 5.56 Å². The number of carbonyl (C=O) groups excluding carboxylic acids is 2. The predicted molar refractivity (Wildman–Crippen MR) is 109 cm³/mol. The highest BCUT2D eigenvalue weighted by Gasteiger charge is 2.41. The number of hydrogen-bond donors (Lipinski definition) is 2. The summed E-state index contributed by atoms with van der Waals surface area (Å²) in [4.78, 5) is 25.3. The second kappa shape index (κ2) is 7.92. The van der Waals surface area contributed by atoms with Crippen LogP contribution in [0.2, 0.25) is 0 Å². The summed E-state index contributed by atoms with van der Waals surface area (Å²) in [7, 11) is 1.54. The van der Waals surface area contributed by atoms with Gasteiger partial charge in [0.05, 0.1) is 18.8 Å². The minimum Gasteiger partial charge on any atom is -0.495 e. The van der Waals surface area contributed by atoms with Crippen LogP contribution in [0.5, 0.6) is 5.75 Å². The van der Waals surface area contributed by atoms with Crippen LogP contribution < -0.4 is 15.5 Å². The summed E-state index contributed by atoms with van der Waals surface area (Å²) in [6.45, 7) is 1.88. The monoisotopic (exact) mass is 393 g/mol. The standard InChI is InChI=1S/C21H23N5O3/c1-14-7-9-15(10-8-14)17-11-18-21(28)25(22-13-26(18)24-17)12-20(27)23-16-5-3-4-6-19(16)29-2/h3-10,13,17-18,24H,11-12H2,1-2H3,(H,23,27). The topological polar surface area (TPSA) is 86.3 Å². The minimum atomic E-state index is -0.391. The quantitative estimate of drug-likeness (QED) is 0.812. The normalized spacial score (nSPS) is 20.6. The van der Waals surface area contributed by atoms with Gasteiger partial charge in [0.25, 0.3) is 5.91 Å². The third-order valence-corrected chi connectivity index (χ3v) is 5.11. The van der Waals surface area contributed by atoms with Gasteiger partial charge in [-0.2, -0.15) is 5.10 Å². The minimum absolute atomic E-state index is 0.0263. The lowest BCUT2D eigenvalue weighted by Gasteiger charge is -2.29. The van der Waals surface area contributed by atoms with E-state index in [1.807, 2.05) is 13.0 Å². The molecule has 1 fully saturated rings. The van der Waals surface area contributed by atoms with Crippen LogP contribution >= 0.6 is 0 Å². The molecular formula is C21H23N5O3. The van der Waals surface area contributed by atoms with Crippen molar-refractivity contribution in [1.82, 2.24) is 15.4 Å². The van der Waals surface area contributed by atoms with Crippen molar-refractivity contribution in [3.8, 4) is 5.75 Å². The zero-order chi connectivity index (χ0) is 20.4. The van der Waals surface area contributed by atoms with Gasteiger partial charge in [-0.15, -0.1) is 0 Å². The molecule has 0 aliphatic carbocycles. The van der Waals surface area contributed by atoms with Crippen molar-refractivity contribution in [2.45, 2.75) is 25.4 Å². The molecule has 150 valence electrons. The van der Waals surface area contributed by atoms with Crippen LogP contribution in [0.4, 0.5) is 5.69 Å². The summed E-state index contributed by atoms with van der Waals surface area (Å²) in [6, 6.07) is 15.0. The number of benzene rings is 2. The highest BCUT2D eigenvalue weighted by Crippen LogP contribution is 2.29. The maximum atomic E-state index is 12.9. The number of ether oxygens (including phenoxy) is 1. The maximum Gasteiger partial charge on any atom is 0.267 e. The molecule has 2 heterocycles. The molecule has 2 aliphatic rings. The summed E-state index contributed by atoms with van der Waals surface area (Å²) in [6.07, 6.45) is 2.18. The Bertz CT molecular complexity index is 944. The number of hydrazine groups is 1. The van der Waals surface area contributed by atoms with Crippen LogP contribution in [0.3, 0.4) is 0 Å². The first-order chi connectivity index (χ1) is 14.0. The Morgan fingerprint density at radius 1 is 1.24 bits per heavy atom. The van der Waals surface area contributed by atoms with E-state index in [2.05, 4.69) is 40.1 Å². The van der Waals surface area contributed by atoms with Crippen molar-refractivity contribution in [3.05, 3.63) is 59.7 Å². The van der Waals surface area contributed by atoms with E-state index in [0.29, 0.717) is 17.9 Å². The molecule has 0 radical (unpaired) electrons. The number of nitrogens with zero attached hydrogens (tertiary/aromatic N) is 3. The van der Waals surface area contributed by atoms with E-state index in [9.17, 15) is 9.59 Å². The van der Waals surface area contributed by atoms with Crippen molar-refractivity contribution in [2.24, 2.45) is 5.10 Å². The van der Waals surface area contributed by atoms with Gasteiger partial charge >= 0.3 is 0 Å². The van der Waals surface area contributed by atoms with Crippen molar-refractivity contribution in [3.63, 3.8) is 0 Å². The average Bonchev–Trinajstić information content (AvgIpc) is 3.16. The molecule has 1 saturated heterocycles. The molecule has 2 unspecified atom stereocenters. The highest BCUT2D eigenvalue weighted by atomic mass is 16.5. The Balaban J connectivity index is 1.40. The molecule has 2 aromatic carbocycles. The fraction of sp³-hybridized carbons (Fsp3) is 0.286. The summed E-state index contributed by atoms with van der Waals surface area (Å²) in [5.41, 5.74) is 6.17. The summed E-state index contributed by atoms with van der Waals surface area (Å²) in [5, 5.41) is 9.85. The van der Waals surface area contributed by atoms with Crippen LogP contribution in [0.25, 0.3) is 0 Å². The third kappa shape index (κ3) is 3.93. The molecule has 2 amide bonds. The number of para-hydroxylation sites is 2. The second-order valence-electron chi connectivity index (χ2n) is 7.13. The number of nitrogens with one attached hydrogen (secondary N) is 2. The molecule has 0 spiro atoms. The number of hydrazone groups is 1. The van der Waals surface area contributed by atoms with Gasteiger partial charge in [-0.05, 0) is 31.0 Å². The Labute approximate surface area is 169 Å². The number of aryl methyl sites for hydroxylation is 1. The highest BCUT2D eigenvalue weighted by molar-refractivity contribution is 5.97. The van der Waals surface area contributed by atoms with E-state index in [4.69, 9.17) is 4.74 Å². The molecule has 4 rings (SSSR count). The number of carbonyl (C=O) groups is 2. The Hall–Kier alpha value is -3.39. The number of hydrogen-bond acceptors (Lipinski definition) is 6. The lowest BCUT2D eigenvalue weighted by molar-refractivity contribution is -0.139. The van der Waals surface area contributed by atoms with Gasteiger partial charge in [-0.1, -0.05) is 42.0 Å². The van der Waals surface area contributed by atoms with E-state index >= 15 is 0 Å². The third-order valence-electron chi connectivity index (χ3n) is 5.11. The molecule has 0 aromatic heterocycles. The van der Waals surface area contributed by atoms with E-state index in [-0.39, 0.29) is 24.4 Å². The lowest BCUT2D eigenvalue weighted by Crippen LogP contribution is -2.52. The molecule has 0 saturated carbocycles. The van der Waals surface area contributed by atoms with Gasteiger partial charge in [0.2, 0.25) is 5.91 Å². The average molecular weight is 393 g/mol. The van der Waals surface area contributed by atoms with Crippen molar-refractivity contribution in [2.75, 3.05) is 19.0 Å². The van der Waals surface area contributed by atoms with Crippen molar-refractivity contribution >= 4 is 23.8 Å². The van der Waals surface area contributed by atoms with Crippen LogP contribution in [-0.2, 0) is 9.59 Å². The van der Waals surface area contributed by atoms with E-state index in [1.165, 1.54) is 17.7 Å². The molecule has 0 bridgehead atoms. The number of anilines is 1. The molecule has 2 aromatic rings. The molecule has 2 N–H and O–H groups in total. The van der Waals surface area contributed by atoms with Gasteiger partial charge in [0.15, 0.2) is 0 Å². The van der Waals surface area contributed by atoms with E-state index in [1.54, 1.807) is 29.5 Å².